The largest absolute Gasteiger partial charge is 0.496 e. The zero-order chi connectivity index (χ0) is 13.8. The highest BCUT2D eigenvalue weighted by Crippen LogP contribution is 2.29. The summed E-state index contributed by atoms with van der Waals surface area (Å²) < 4.78 is 23.7. The number of halogens is 2. The fraction of sp³-hybridized carbons (Fsp3) is 0.462. The predicted molar refractivity (Wildman–Crippen MR) is 75.5 cm³/mol. The Labute approximate surface area is 114 Å². The van der Waals surface area contributed by atoms with Crippen molar-refractivity contribution in [3.05, 3.63) is 35.1 Å². The Hall–Kier alpha value is -0.583. The van der Waals surface area contributed by atoms with Gasteiger partial charge in [0, 0.05) is 26.3 Å². The monoisotopic (exact) mass is 289 g/mol. The Morgan fingerprint density at radius 3 is 2.56 bits per heavy atom. The molecule has 0 atom stereocenters. The molecule has 0 N–H and O–H groups in total. The summed E-state index contributed by atoms with van der Waals surface area (Å²) in [6.45, 7) is 9.03. The lowest BCUT2D eigenvalue weighted by atomic mass is 10.2. The van der Waals surface area contributed by atoms with E-state index in [1.54, 1.807) is 6.61 Å². The molecule has 0 fully saturated rings. The van der Waals surface area contributed by atoms with Crippen LogP contribution in [0.1, 0.15) is 5.56 Å². The van der Waals surface area contributed by atoms with E-state index >= 15 is 0 Å². The van der Waals surface area contributed by atoms with Gasteiger partial charge in [-0.3, -0.25) is 0 Å². The molecular formula is C13H19ClFO2Si. The van der Waals surface area contributed by atoms with Crippen LogP contribution in [0.5, 0.6) is 5.75 Å². The summed E-state index contributed by atoms with van der Waals surface area (Å²) in [5, 5.41) is 0.292. The van der Waals surface area contributed by atoms with Gasteiger partial charge in [0.1, 0.15) is 18.2 Å². The van der Waals surface area contributed by atoms with Crippen molar-refractivity contribution in [2.24, 2.45) is 0 Å². The second-order valence-electron chi connectivity index (χ2n) is 5.30. The van der Waals surface area contributed by atoms with Gasteiger partial charge in [-0.1, -0.05) is 31.2 Å². The van der Waals surface area contributed by atoms with Gasteiger partial charge >= 0.3 is 0 Å². The SMILES string of the molecule is COc1cc(F)cc(Cl)c1[CH]OCC[Si](C)(C)C. The van der Waals surface area contributed by atoms with E-state index in [-0.39, 0.29) is 0 Å². The number of rotatable bonds is 6. The van der Waals surface area contributed by atoms with Gasteiger partial charge < -0.3 is 9.47 Å². The van der Waals surface area contributed by atoms with Crippen molar-refractivity contribution in [1.82, 2.24) is 0 Å². The zero-order valence-electron chi connectivity index (χ0n) is 11.2. The molecular weight excluding hydrogens is 271 g/mol. The third-order valence-electron chi connectivity index (χ3n) is 2.45. The van der Waals surface area contributed by atoms with Crippen LogP contribution in [0.4, 0.5) is 4.39 Å². The summed E-state index contributed by atoms with van der Waals surface area (Å²) in [6, 6.07) is 3.60. The minimum atomic E-state index is -1.11. The maximum atomic E-state index is 13.1. The summed E-state index contributed by atoms with van der Waals surface area (Å²) in [7, 11) is 0.368. The Morgan fingerprint density at radius 2 is 2.00 bits per heavy atom. The molecule has 0 unspecified atom stereocenters. The maximum Gasteiger partial charge on any atom is 0.129 e. The normalized spacial score (nSPS) is 11.7. The third-order valence-corrected chi connectivity index (χ3v) is 4.46. The summed E-state index contributed by atoms with van der Waals surface area (Å²) in [6.07, 6.45) is 0. The molecule has 0 heterocycles. The van der Waals surface area contributed by atoms with E-state index in [0.717, 1.165) is 6.04 Å². The second kappa shape index (κ2) is 6.54. The summed E-state index contributed by atoms with van der Waals surface area (Å²) in [5.74, 6) is -0.0379. The van der Waals surface area contributed by atoms with Gasteiger partial charge in [-0.05, 0) is 12.1 Å². The molecule has 0 spiro atoms. The van der Waals surface area contributed by atoms with Crippen molar-refractivity contribution < 1.29 is 13.9 Å². The lowest BCUT2D eigenvalue weighted by Gasteiger charge is -2.16. The quantitative estimate of drug-likeness (QED) is 0.572. The molecule has 2 nitrogen and oxygen atoms in total. The first-order valence-corrected chi connectivity index (χ1v) is 9.90. The summed E-state index contributed by atoms with van der Waals surface area (Å²) >= 11 is 5.96. The number of ether oxygens (including phenoxy) is 2. The van der Waals surface area contributed by atoms with Crippen LogP contribution in [-0.4, -0.2) is 21.8 Å². The van der Waals surface area contributed by atoms with Crippen LogP contribution in [0.2, 0.25) is 30.7 Å². The smallest absolute Gasteiger partial charge is 0.129 e. The lowest BCUT2D eigenvalue weighted by Crippen LogP contribution is -2.21. The number of hydrogen-bond donors (Lipinski definition) is 0. The van der Waals surface area contributed by atoms with Crippen LogP contribution in [0.25, 0.3) is 0 Å². The lowest BCUT2D eigenvalue weighted by molar-refractivity contribution is 0.226. The molecule has 0 aliphatic rings. The van der Waals surface area contributed by atoms with Crippen molar-refractivity contribution in [2.75, 3.05) is 13.7 Å². The first-order chi connectivity index (χ1) is 8.33. The molecule has 0 saturated carbocycles. The molecule has 0 saturated heterocycles. The highest BCUT2D eigenvalue weighted by Gasteiger charge is 2.14. The molecule has 0 bridgehead atoms. The van der Waals surface area contributed by atoms with Crippen molar-refractivity contribution in [3.63, 3.8) is 0 Å². The highest BCUT2D eigenvalue weighted by atomic mass is 35.5. The molecule has 1 rings (SSSR count). The van der Waals surface area contributed by atoms with Crippen molar-refractivity contribution in [1.29, 1.82) is 0 Å². The summed E-state index contributed by atoms with van der Waals surface area (Å²) in [5.41, 5.74) is 0.580. The number of benzene rings is 1. The average Bonchev–Trinajstić information content (AvgIpc) is 2.24. The molecule has 0 aliphatic carbocycles. The maximum absolute atomic E-state index is 13.1. The van der Waals surface area contributed by atoms with Gasteiger partial charge in [0.05, 0.1) is 12.1 Å². The number of hydrogen-bond acceptors (Lipinski definition) is 2. The topological polar surface area (TPSA) is 18.5 Å². The van der Waals surface area contributed by atoms with Gasteiger partial charge in [-0.2, -0.15) is 0 Å². The van der Waals surface area contributed by atoms with Crippen LogP contribution < -0.4 is 4.74 Å². The first-order valence-electron chi connectivity index (χ1n) is 5.81. The van der Waals surface area contributed by atoms with E-state index in [4.69, 9.17) is 21.1 Å². The van der Waals surface area contributed by atoms with Crippen LogP contribution >= 0.6 is 11.6 Å². The van der Waals surface area contributed by atoms with Crippen molar-refractivity contribution in [2.45, 2.75) is 25.7 Å². The molecule has 5 heteroatoms. The molecule has 1 aromatic carbocycles. The van der Waals surface area contributed by atoms with E-state index in [2.05, 4.69) is 19.6 Å². The molecule has 0 amide bonds. The van der Waals surface area contributed by atoms with Crippen LogP contribution in [-0.2, 0) is 4.74 Å². The van der Waals surface area contributed by atoms with E-state index in [9.17, 15) is 4.39 Å². The van der Waals surface area contributed by atoms with Crippen molar-refractivity contribution >= 4 is 19.7 Å². The molecule has 1 radical (unpaired) electrons. The van der Waals surface area contributed by atoms with Gasteiger partial charge in [0.15, 0.2) is 0 Å². The molecule has 0 aliphatic heterocycles. The fourth-order valence-electron chi connectivity index (χ4n) is 1.35. The highest BCUT2D eigenvalue weighted by molar-refractivity contribution is 6.76. The Morgan fingerprint density at radius 1 is 1.33 bits per heavy atom. The van der Waals surface area contributed by atoms with Gasteiger partial charge in [-0.15, -0.1) is 0 Å². The van der Waals surface area contributed by atoms with E-state index < -0.39 is 13.9 Å². The van der Waals surface area contributed by atoms with E-state index in [1.165, 1.54) is 19.2 Å². The van der Waals surface area contributed by atoms with Crippen LogP contribution in [0.15, 0.2) is 12.1 Å². The molecule has 1 aromatic rings. The molecule has 101 valence electrons. The van der Waals surface area contributed by atoms with E-state index in [0.29, 0.717) is 22.9 Å². The molecule has 0 aromatic heterocycles. The summed E-state index contributed by atoms with van der Waals surface area (Å²) in [4.78, 5) is 0. The minimum absolute atomic E-state index is 0.292. The Bertz CT molecular complexity index is 405. The zero-order valence-corrected chi connectivity index (χ0v) is 13.0. The average molecular weight is 290 g/mol. The standard InChI is InChI=1S/C13H19ClFO2Si/c1-16-13-8-10(15)7-12(14)11(13)9-17-5-6-18(2,3)4/h7-9H,5-6H2,1-4H3. The predicted octanol–water partition coefficient (Wildman–Crippen LogP) is 4.35. The molecule has 18 heavy (non-hydrogen) atoms. The van der Waals surface area contributed by atoms with Gasteiger partial charge in [-0.25, -0.2) is 4.39 Å². The van der Waals surface area contributed by atoms with Crippen LogP contribution in [0, 0.1) is 12.4 Å². The third kappa shape index (κ3) is 4.96. The first kappa shape index (κ1) is 15.5. The fourth-order valence-corrected chi connectivity index (χ4v) is 2.32. The van der Waals surface area contributed by atoms with Crippen molar-refractivity contribution in [3.8, 4) is 5.75 Å². The Kier molecular flexibility index (Phi) is 5.63. The van der Waals surface area contributed by atoms with Gasteiger partial charge in [0.25, 0.3) is 0 Å². The number of methoxy groups -OCH3 is 1. The minimum Gasteiger partial charge on any atom is -0.496 e. The van der Waals surface area contributed by atoms with E-state index in [1.807, 2.05) is 0 Å². The van der Waals surface area contributed by atoms with Gasteiger partial charge in [0.2, 0.25) is 0 Å². The Balaban J connectivity index is 2.62. The second-order valence-corrected chi connectivity index (χ2v) is 11.3. The van der Waals surface area contributed by atoms with Crippen LogP contribution in [0.3, 0.4) is 0 Å².